The van der Waals surface area contributed by atoms with E-state index in [1.807, 2.05) is 0 Å². The molecule has 0 N–H and O–H groups in total. The predicted molar refractivity (Wildman–Crippen MR) is 82.3 cm³/mol. The minimum atomic E-state index is 0.606. The average Bonchev–Trinajstić information content (AvgIpc) is 2.90. The second kappa shape index (κ2) is 5.74. The molecule has 1 unspecified atom stereocenters. The zero-order valence-corrected chi connectivity index (χ0v) is 12.9. The van der Waals surface area contributed by atoms with Crippen LogP contribution in [-0.2, 0) is 6.42 Å². The standard InChI is InChI=1S/C17H26N2O/c1-13(2)18-8-10-19(11-9-18)17-7-5-14-4-6-15(20-3)12-16(14)17/h4,6,12-13,17H,5,7-11H2,1-3H3. The molecule has 1 fully saturated rings. The number of hydrogen-bond acceptors (Lipinski definition) is 3. The summed E-state index contributed by atoms with van der Waals surface area (Å²) in [7, 11) is 1.76. The van der Waals surface area contributed by atoms with E-state index < -0.39 is 0 Å². The maximum absolute atomic E-state index is 5.40. The summed E-state index contributed by atoms with van der Waals surface area (Å²) in [6, 6.07) is 7.88. The van der Waals surface area contributed by atoms with Crippen LogP contribution >= 0.6 is 0 Å². The fourth-order valence-corrected chi connectivity index (χ4v) is 3.63. The summed E-state index contributed by atoms with van der Waals surface area (Å²) in [4.78, 5) is 5.25. The number of hydrogen-bond donors (Lipinski definition) is 0. The van der Waals surface area contributed by atoms with Gasteiger partial charge < -0.3 is 4.74 Å². The summed E-state index contributed by atoms with van der Waals surface area (Å²) < 4.78 is 5.40. The molecule has 1 aromatic rings. The molecule has 0 aromatic heterocycles. The van der Waals surface area contributed by atoms with E-state index in [1.165, 1.54) is 50.1 Å². The predicted octanol–water partition coefficient (Wildman–Crippen LogP) is 2.71. The maximum atomic E-state index is 5.40. The van der Waals surface area contributed by atoms with Gasteiger partial charge in [0.05, 0.1) is 7.11 Å². The van der Waals surface area contributed by atoms with Gasteiger partial charge in [0.15, 0.2) is 0 Å². The van der Waals surface area contributed by atoms with E-state index >= 15 is 0 Å². The van der Waals surface area contributed by atoms with E-state index in [9.17, 15) is 0 Å². The number of piperazine rings is 1. The Morgan fingerprint density at radius 2 is 1.90 bits per heavy atom. The van der Waals surface area contributed by atoms with Gasteiger partial charge in [0.1, 0.15) is 5.75 Å². The molecule has 0 bridgehead atoms. The van der Waals surface area contributed by atoms with Crippen molar-refractivity contribution < 1.29 is 4.74 Å². The van der Waals surface area contributed by atoms with Crippen LogP contribution in [0.15, 0.2) is 18.2 Å². The molecule has 1 aromatic carbocycles. The van der Waals surface area contributed by atoms with Crippen LogP contribution in [0.5, 0.6) is 5.75 Å². The number of aryl methyl sites for hydroxylation is 1. The highest BCUT2D eigenvalue weighted by Gasteiger charge is 2.30. The van der Waals surface area contributed by atoms with Gasteiger partial charge in [-0.05, 0) is 49.9 Å². The number of methoxy groups -OCH3 is 1. The van der Waals surface area contributed by atoms with E-state index in [0.717, 1.165) is 5.75 Å². The van der Waals surface area contributed by atoms with Gasteiger partial charge in [-0.1, -0.05) is 6.07 Å². The van der Waals surface area contributed by atoms with Crippen molar-refractivity contribution in [3.8, 4) is 5.75 Å². The summed E-state index contributed by atoms with van der Waals surface area (Å²) in [6.07, 6.45) is 2.48. The lowest BCUT2D eigenvalue weighted by Crippen LogP contribution is -2.49. The molecule has 1 saturated heterocycles. The van der Waals surface area contributed by atoms with Crippen LogP contribution in [0, 0.1) is 0 Å². The van der Waals surface area contributed by atoms with Crippen LogP contribution in [-0.4, -0.2) is 49.1 Å². The second-order valence-corrected chi connectivity index (χ2v) is 6.28. The summed E-state index contributed by atoms with van der Waals surface area (Å²) in [6.45, 7) is 9.39. The van der Waals surface area contributed by atoms with Crippen molar-refractivity contribution in [1.29, 1.82) is 0 Å². The van der Waals surface area contributed by atoms with Gasteiger partial charge in [-0.2, -0.15) is 0 Å². The van der Waals surface area contributed by atoms with Crippen molar-refractivity contribution in [3.05, 3.63) is 29.3 Å². The van der Waals surface area contributed by atoms with Crippen molar-refractivity contribution >= 4 is 0 Å². The molecule has 110 valence electrons. The van der Waals surface area contributed by atoms with E-state index in [-0.39, 0.29) is 0 Å². The minimum absolute atomic E-state index is 0.606. The molecular formula is C17H26N2O. The highest BCUT2D eigenvalue weighted by molar-refractivity contribution is 5.40. The molecule has 1 atom stereocenters. The highest BCUT2D eigenvalue weighted by atomic mass is 16.5. The number of rotatable bonds is 3. The highest BCUT2D eigenvalue weighted by Crippen LogP contribution is 2.38. The Balaban J connectivity index is 1.72. The molecule has 1 aliphatic heterocycles. The van der Waals surface area contributed by atoms with Gasteiger partial charge >= 0.3 is 0 Å². The first-order chi connectivity index (χ1) is 9.69. The SMILES string of the molecule is COc1ccc2c(c1)C(N1CCN(C(C)C)CC1)CC2. The Morgan fingerprint density at radius 3 is 2.55 bits per heavy atom. The summed E-state index contributed by atoms with van der Waals surface area (Å²) in [5, 5.41) is 0. The van der Waals surface area contributed by atoms with Crippen molar-refractivity contribution in [1.82, 2.24) is 9.80 Å². The summed E-state index contributed by atoms with van der Waals surface area (Å²) in [5.41, 5.74) is 3.02. The molecule has 2 aliphatic rings. The number of fused-ring (bicyclic) bond motifs is 1. The van der Waals surface area contributed by atoms with Crippen LogP contribution in [0.4, 0.5) is 0 Å². The molecule has 1 aliphatic carbocycles. The molecular weight excluding hydrogens is 248 g/mol. The zero-order chi connectivity index (χ0) is 14.1. The molecule has 0 radical (unpaired) electrons. The third kappa shape index (κ3) is 2.57. The lowest BCUT2D eigenvalue weighted by molar-refractivity contribution is 0.0781. The van der Waals surface area contributed by atoms with Gasteiger partial charge in [-0.25, -0.2) is 0 Å². The maximum Gasteiger partial charge on any atom is 0.119 e. The lowest BCUT2D eigenvalue weighted by Gasteiger charge is -2.40. The molecule has 0 spiro atoms. The number of nitrogens with zero attached hydrogens (tertiary/aromatic N) is 2. The lowest BCUT2D eigenvalue weighted by atomic mass is 10.1. The Kier molecular flexibility index (Phi) is 3.99. The van der Waals surface area contributed by atoms with Crippen molar-refractivity contribution in [2.24, 2.45) is 0 Å². The van der Waals surface area contributed by atoms with Crippen LogP contribution in [0.1, 0.15) is 37.4 Å². The first-order valence-corrected chi connectivity index (χ1v) is 7.84. The van der Waals surface area contributed by atoms with Crippen LogP contribution in [0.25, 0.3) is 0 Å². The molecule has 3 nitrogen and oxygen atoms in total. The van der Waals surface area contributed by atoms with E-state index in [4.69, 9.17) is 4.74 Å². The minimum Gasteiger partial charge on any atom is -0.497 e. The molecule has 0 saturated carbocycles. The van der Waals surface area contributed by atoms with Crippen molar-refractivity contribution in [3.63, 3.8) is 0 Å². The first-order valence-electron chi connectivity index (χ1n) is 7.84. The fraction of sp³-hybridized carbons (Fsp3) is 0.647. The summed E-state index contributed by atoms with van der Waals surface area (Å²) >= 11 is 0. The van der Waals surface area contributed by atoms with Gasteiger partial charge in [0.25, 0.3) is 0 Å². The number of ether oxygens (including phenoxy) is 1. The van der Waals surface area contributed by atoms with Crippen LogP contribution in [0.3, 0.4) is 0 Å². The van der Waals surface area contributed by atoms with Gasteiger partial charge in [0.2, 0.25) is 0 Å². The van der Waals surface area contributed by atoms with E-state index in [2.05, 4.69) is 41.8 Å². The average molecular weight is 274 g/mol. The summed E-state index contributed by atoms with van der Waals surface area (Å²) in [5.74, 6) is 0.997. The topological polar surface area (TPSA) is 15.7 Å². The van der Waals surface area contributed by atoms with E-state index in [0.29, 0.717) is 12.1 Å². The van der Waals surface area contributed by atoms with Crippen molar-refractivity contribution in [2.75, 3.05) is 33.3 Å². The Bertz CT molecular complexity index is 464. The monoisotopic (exact) mass is 274 g/mol. The molecule has 0 amide bonds. The third-order valence-electron chi connectivity index (χ3n) is 4.92. The molecule has 3 rings (SSSR count). The largest absolute Gasteiger partial charge is 0.497 e. The second-order valence-electron chi connectivity index (χ2n) is 6.28. The first kappa shape index (κ1) is 13.9. The van der Waals surface area contributed by atoms with Crippen LogP contribution in [0.2, 0.25) is 0 Å². The Morgan fingerprint density at radius 1 is 1.15 bits per heavy atom. The van der Waals surface area contributed by atoms with Crippen LogP contribution < -0.4 is 4.74 Å². The zero-order valence-electron chi connectivity index (χ0n) is 12.9. The van der Waals surface area contributed by atoms with Crippen molar-refractivity contribution in [2.45, 2.75) is 38.8 Å². The fourth-order valence-electron chi connectivity index (χ4n) is 3.63. The Labute approximate surface area is 122 Å². The molecule has 1 heterocycles. The van der Waals surface area contributed by atoms with E-state index in [1.54, 1.807) is 7.11 Å². The van der Waals surface area contributed by atoms with Gasteiger partial charge in [0, 0.05) is 38.3 Å². The molecule has 20 heavy (non-hydrogen) atoms. The Hall–Kier alpha value is -1.06. The quantitative estimate of drug-likeness (QED) is 0.843. The van der Waals surface area contributed by atoms with Gasteiger partial charge in [-0.3, -0.25) is 9.80 Å². The van der Waals surface area contributed by atoms with Gasteiger partial charge in [-0.15, -0.1) is 0 Å². The molecule has 3 heteroatoms. The normalized spacial score (nSPS) is 24.1. The number of benzene rings is 1. The third-order valence-corrected chi connectivity index (χ3v) is 4.92. The smallest absolute Gasteiger partial charge is 0.119 e.